The van der Waals surface area contributed by atoms with Crippen LogP contribution in [0.5, 0.6) is 5.75 Å². The molecule has 0 amide bonds. The van der Waals surface area contributed by atoms with Crippen LogP contribution in [0.25, 0.3) is 0 Å². The highest BCUT2D eigenvalue weighted by Crippen LogP contribution is 2.21. The first-order chi connectivity index (χ1) is 8.28. The molecule has 0 saturated heterocycles. The molecule has 0 radical (unpaired) electrons. The van der Waals surface area contributed by atoms with Gasteiger partial charge in [-0.25, -0.2) is 0 Å². The summed E-state index contributed by atoms with van der Waals surface area (Å²) in [7, 11) is 0. The topological polar surface area (TPSA) is 35.2 Å². The van der Waals surface area contributed by atoms with Gasteiger partial charge in [-0.05, 0) is 29.3 Å². The first kappa shape index (κ1) is 12.0. The molecule has 0 heterocycles. The molecule has 0 spiro atoms. The molecule has 0 aliphatic carbocycles. The Bertz CT molecular complexity index is 485. The fourth-order valence-electron chi connectivity index (χ4n) is 1.56. The quantitative estimate of drug-likeness (QED) is 0.899. The molecule has 2 rings (SSSR count). The molecule has 3 heteroatoms. The Morgan fingerprint density at radius 3 is 2.47 bits per heavy atom. The van der Waals surface area contributed by atoms with Crippen LogP contribution in [0.4, 0.5) is 0 Å². The van der Waals surface area contributed by atoms with Gasteiger partial charge in [-0.1, -0.05) is 41.9 Å². The van der Waals surface area contributed by atoms with Gasteiger partial charge in [-0.15, -0.1) is 0 Å². The minimum absolute atomic E-state index is 0.461. The van der Waals surface area contributed by atoms with Crippen molar-refractivity contribution in [3.05, 3.63) is 64.7 Å². The SMILES string of the molecule is NCc1cc(Cl)cc(OCc2ccccc2)c1. The van der Waals surface area contributed by atoms with Gasteiger partial charge in [0, 0.05) is 11.6 Å². The fourth-order valence-corrected chi connectivity index (χ4v) is 1.81. The van der Waals surface area contributed by atoms with Crippen LogP contribution in [0.1, 0.15) is 11.1 Å². The second-order valence-corrected chi connectivity index (χ2v) is 4.21. The molecular formula is C14H14ClNO. The Kier molecular flexibility index (Phi) is 4.02. The van der Waals surface area contributed by atoms with Crippen molar-refractivity contribution in [3.8, 4) is 5.75 Å². The van der Waals surface area contributed by atoms with Crippen LogP contribution in [0.2, 0.25) is 5.02 Å². The minimum atomic E-state index is 0.461. The zero-order valence-electron chi connectivity index (χ0n) is 9.40. The largest absolute Gasteiger partial charge is 0.489 e. The highest BCUT2D eigenvalue weighted by molar-refractivity contribution is 6.30. The molecule has 88 valence electrons. The van der Waals surface area contributed by atoms with Gasteiger partial charge in [0.25, 0.3) is 0 Å². The van der Waals surface area contributed by atoms with Crippen LogP contribution in [0.3, 0.4) is 0 Å². The molecular weight excluding hydrogens is 234 g/mol. The van der Waals surface area contributed by atoms with Crippen LogP contribution in [0.15, 0.2) is 48.5 Å². The lowest BCUT2D eigenvalue weighted by molar-refractivity contribution is 0.306. The Hall–Kier alpha value is -1.51. The van der Waals surface area contributed by atoms with Crippen molar-refractivity contribution in [3.63, 3.8) is 0 Å². The smallest absolute Gasteiger partial charge is 0.121 e. The van der Waals surface area contributed by atoms with E-state index in [1.165, 1.54) is 0 Å². The van der Waals surface area contributed by atoms with Crippen LogP contribution in [-0.4, -0.2) is 0 Å². The van der Waals surface area contributed by atoms with Gasteiger partial charge < -0.3 is 10.5 Å². The Morgan fingerprint density at radius 2 is 1.76 bits per heavy atom. The van der Waals surface area contributed by atoms with E-state index in [1.807, 2.05) is 42.5 Å². The van der Waals surface area contributed by atoms with Crippen molar-refractivity contribution in [2.45, 2.75) is 13.2 Å². The first-order valence-electron chi connectivity index (χ1n) is 5.44. The monoisotopic (exact) mass is 247 g/mol. The Labute approximate surface area is 106 Å². The molecule has 0 aromatic heterocycles. The van der Waals surface area contributed by atoms with E-state index >= 15 is 0 Å². The van der Waals surface area contributed by atoms with Gasteiger partial charge in [-0.2, -0.15) is 0 Å². The predicted molar refractivity (Wildman–Crippen MR) is 70.1 cm³/mol. The normalized spacial score (nSPS) is 10.2. The summed E-state index contributed by atoms with van der Waals surface area (Å²) in [6, 6.07) is 15.6. The van der Waals surface area contributed by atoms with Gasteiger partial charge in [-0.3, -0.25) is 0 Å². The number of halogens is 1. The molecule has 2 N–H and O–H groups in total. The summed E-state index contributed by atoms with van der Waals surface area (Å²) in [6.07, 6.45) is 0. The number of rotatable bonds is 4. The second kappa shape index (κ2) is 5.71. The molecule has 17 heavy (non-hydrogen) atoms. The third-order valence-corrected chi connectivity index (χ3v) is 2.63. The lowest BCUT2D eigenvalue weighted by Gasteiger charge is -2.08. The van der Waals surface area contributed by atoms with Crippen molar-refractivity contribution in [2.24, 2.45) is 5.73 Å². The highest BCUT2D eigenvalue weighted by Gasteiger charge is 2.00. The van der Waals surface area contributed by atoms with Gasteiger partial charge in [0.1, 0.15) is 12.4 Å². The van der Waals surface area contributed by atoms with E-state index in [0.717, 1.165) is 16.9 Å². The molecule has 2 nitrogen and oxygen atoms in total. The average molecular weight is 248 g/mol. The summed E-state index contributed by atoms with van der Waals surface area (Å²) in [6.45, 7) is 0.994. The van der Waals surface area contributed by atoms with Crippen LogP contribution in [0, 0.1) is 0 Å². The van der Waals surface area contributed by atoms with Crippen molar-refractivity contribution < 1.29 is 4.74 Å². The van der Waals surface area contributed by atoms with Crippen molar-refractivity contribution in [2.75, 3.05) is 0 Å². The predicted octanol–water partition coefficient (Wildman–Crippen LogP) is 3.38. The van der Waals surface area contributed by atoms with E-state index in [1.54, 1.807) is 6.07 Å². The highest BCUT2D eigenvalue weighted by atomic mass is 35.5. The zero-order valence-corrected chi connectivity index (χ0v) is 10.2. The fraction of sp³-hybridized carbons (Fsp3) is 0.143. The van der Waals surface area contributed by atoms with Crippen molar-refractivity contribution in [1.29, 1.82) is 0 Å². The number of hydrogen-bond acceptors (Lipinski definition) is 2. The molecule has 0 atom stereocenters. The minimum Gasteiger partial charge on any atom is -0.489 e. The van der Waals surface area contributed by atoms with Crippen molar-refractivity contribution in [1.82, 2.24) is 0 Å². The van der Waals surface area contributed by atoms with E-state index in [0.29, 0.717) is 18.2 Å². The Morgan fingerprint density at radius 1 is 1.00 bits per heavy atom. The maximum Gasteiger partial charge on any atom is 0.121 e. The van der Waals surface area contributed by atoms with E-state index in [-0.39, 0.29) is 0 Å². The van der Waals surface area contributed by atoms with Gasteiger partial charge in [0.2, 0.25) is 0 Å². The first-order valence-corrected chi connectivity index (χ1v) is 5.82. The number of ether oxygens (including phenoxy) is 1. The molecule has 0 aliphatic rings. The van der Waals surface area contributed by atoms with Crippen molar-refractivity contribution >= 4 is 11.6 Å². The molecule has 2 aromatic rings. The van der Waals surface area contributed by atoms with Crippen LogP contribution in [-0.2, 0) is 13.2 Å². The summed E-state index contributed by atoms with van der Waals surface area (Å²) in [5.74, 6) is 0.752. The lowest BCUT2D eigenvalue weighted by atomic mass is 10.2. The van der Waals surface area contributed by atoms with E-state index in [9.17, 15) is 0 Å². The third kappa shape index (κ3) is 3.48. The van der Waals surface area contributed by atoms with Crippen LogP contribution >= 0.6 is 11.6 Å². The standard InChI is InChI=1S/C14H14ClNO/c15-13-6-12(9-16)7-14(8-13)17-10-11-4-2-1-3-5-11/h1-8H,9-10,16H2. The summed E-state index contributed by atoms with van der Waals surface area (Å²) in [5.41, 5.74) is 7.68. The molecule has 0 unspecified atom stereocenters. The van der Waals surface area contributed by atoms with E-state index < -0.39 is 0 Å². The summed E-state index contributed by atoms with van der Waals surface area (Å²) in [4.78, 5) is 0. The number of nitrogens with two attached hydrogens (primary N) is 1. The molecule has 0 fully saturated rings. The maximum absolute atomic E-state index is 5.97. The zero-order chi connectivity index (χ0) is 12.1. The third-order valence-electron chi connectivity index (χ3n) is 2.42. The molecule has 0 bridgehead atoms. The van der Waals surface area contributed by atoms with Gasteiger partial charge in [0.15, 0.2) is 0 Å². The lowest BCUT2D eigenvalue weighted by Crippen LogP contribution is -1.99. The second-order valence-electron chi connectivity index (χ2n) is 3.77. The molecule has 0 saturated carbocycles. The average Bonchev–Trinajstić information content (AvgIpc) is 2.37. The number of hydrogen-bond donors (Lipinski definition) is 1. The summed E-state index contributed by atoms with van der Waals surface area (Å²) >= 11 is 5.97. The Balaban J connectivity index is 2.06. The van der Waals surface area contributed by atoms with Crippen LogP contribution < -0.4 is 10.5 Å². The number of benzene rings is 2. The summed E-state index contributed by atoms with van der Waals surface area (Å²) < 4.78 is 5.68. The van der Waals surface area contributed by atoms with E-state index in [2.05, 4.69) is 0 Å². The van der Waals surface area contributed by atoms with E-state index in [4.69, 9.17) is 22.1 Å². The molecule has 2 aromatic carbocycles. The maximum atomic E-state index is 5.97. The van der Waals surface area contributed by atoms with Gasteiger partial charge in [0.05, 0.1) is 0 Å². The van der Waals surface area contributed by atoms with Gasteiger partial charge >= 0.3 is 0 Å². The summed E-state index contributed by atoms with van der Waals surface area (Å²) in [5, 5.41) is 0.649. The molecule has 0 aliphatic heterocycles.